The van der Waals surface area contributed by atoms with E-state index in [0.29, 0.717) is 18.1 Å². The predicted octanol–water partition coefficient (Wildman–Crippen LogP) is 3.16. The average molecular weight is 288 g/mol. The van der Waals surface area contributed by atoms with Gasteiger partial charge in [-0.2, -0.15) is 4.98 Å². The van der Waals surface area contributed by atoms with Gasteiger partial charge in [-0.1, -0.05) is 33.2 Å². The van der Waals surface area contributed by atoms with Crippen molar-refractivity contribution in [2.45, 2.75) is 12.3 Å². The van der Waals surface area contributed by atoms with Gasteiger partial charge >= 0.3 is 0 Å². The molecule has 2 rings (SSSR count). The van der Waals surface area contributed by atoms with Gasteiger partial charge in [-0.15, -0.1) is 11.6 Å². The predicted molar refractivity (Wildman–Crippen MR) is 60.8 cm³/mol. The summed E-state index contributed by atoms with van der Waals surface area (Å²) in [5, 5.41) is 3.72. The van der Waals surface area contributed by atoms with Crippen LogP contribution in [0.15, 0.2) is 33.3 Å². The smallest absolute Gasteiger partial charge is 0.231 e. The summed E-state index contributed by atoms with van der Waals surface area (Å²) in [6.07, 6.45) is 0.628. The van der Waals surface area contributed by atoms with E-state index in [-0.39, 0.29) is 5.88 Å². The minimum atomic E-state index is 0.280. The highest BCUT2D eigenvalue weighted by Gasteiger charge is 2.06. The zero-order valence-electron chi connectivity index (χ0n) is 7.78. The van der Waals surface area contributed by atoms with Gasteiger partial charge in [-0.3, -0.25) is 0 Å². The number of rotatable bonds is 3. The maximum Gasteiger partial charge on any atom is 0.231 e. The minimum Gasteiger partial charge on any atom is -0.339 e. The lowest BCUT2D eigenvalue weighted by Crippen LogP contribution is -1.88. The summed E-state index contributed by atoms with van der Waals surface area (Å²) in [5.74, 6) is 1.40. The van der Waals surface area contributed by atoms with Crippen LogP contribution in [-0.2, 0) is 12.3 Å². The Balaban J connectivity index is 2.14. The molecule has 0 saturated heterocycles. The molecule has 0 bridgehead atoms. The van der Waals surface area contributed by atoms with E-state index in [4.69, 9.17) is 16.1 Å². The van der Waals surface area contributed by atoms with E-state index in [1.807, 2.05) is 24.3 Å². The highest BCUT2D eigenvalue weighted by atomic mass is 79.9. The molecule has 0 aliphatic rings. The zero-order chi connectivity index (χ0) is 10.7. The normalized spacial score (nSPS) is 10.5. The highest BCUT2D eigenvalue weighted by molar-refractivity contribution is 9.10. The summed E-state index contributed by atoms with van der Waals surface area (Å²) in [4.78, 5) is 4.13. The number of hydrogen-bond donors (Lipinski definition) is 0. The molecule has 0 saturated carbocycles. The van der Waals surface area contributed by atoms with Crippen LogP contribution >= 0.6 is 27.5 Å². The van der Waals surface area contributed by atoms with E-state index >= 15 is 0 Å². The summed E-state index contributed by atoms with van der Waals surface area (Å²) in [6.45, 7) is 0. The Morgan fingerprint density at radius 3 is 2.93 bits per heavy atom. The van der Waals surface area contributed by atoms with E-state index < -0.39 is 0 Å². The lowest BCUT2D eigenvalue weighted by atomic mass is 10.1. The van der Waals surface area contributed by atoms with Crippen LogP contribution in [0.4, 0.5) is 0 Å². The van der Waals surface area contributed by atoms with Gasteiger partial charge < -0.3 is 4.52 Å². The highest BCUT2D eigenvalue weighted by Crippen LogP contribution is 2.14. The third-order valence-electron chi connectivity index (χ3n) is 1.87. The third-order valence-corrected chi connectivity index (χ3v) is 2.61. The number of nitrogens with zero attached hydrogens (tertiary/aromatic N) is 2. The molecule has 0 spiro atoms. The molecular weight excluding hydrogens is 279 g/mol. The quantitative estimate of drug-likeness (QED) is 0.814. The summed E-state index contributed by atoms with van der Waals surface area (Å²) >= 11 is 8.98. The molecule has 1 heterocycles. The molecule has 0 fully saturated rings. The fourth-order valence-corrected chi connectivity index (χ4v) is 1.79. The van der Waals surface area contributed by atoms with Gasteiger partial charge in [-0.25, -0.2) is 0 Å². The second kappa shape index (κ2) is 4.77. The van der Waals surface area contributed by atoms with Crippen LogP contribution in [0.1, 0.15) is 17.3 Å². The van der Waals surface area contributed by atoms with E-state index in [1.54, 1.807) is 0 Å². The van der Waals surface area contributed by atoms with Gasteiger partial charge in [0.15, 0.2) is 5.82 Å². The summed E-state index contributed by atoms with van der Waals surface area (Å²) in [7, 11) is 0. The van der Waals surface area contributed by atoms with Crippen LogP contribution in [0.5, 0.6) is 0 Å². The lowest BCUT2D eigenvalue weighted by Gasteiger charge is -1.96. The lowest BCUT2D eigenvalue weighted by molar-refractivity contribution is 0.381. The first-order chi connectivity index (χ1) is 7.28. The SMILES string of the molecule is ClCc1noc(Cc2cccc(Br)c2)n1. The van der Waals surface area contributed by atoms with Gasteiger partial charge in [-0.05, 0) is 17.7 Å². The monoisotopic (exact) mass is 286 g/mol. The molecule has 0 atom stereocenters. The summed E-state index contributed by atoms with van der Waals surface area (Å²) in [5.41, 5.74) is 1.12. The molecule has 1 aromatic heterocycles. The zero-order valence-corrected chi connectivity index (χ0v) is 10.1. The van der Waals surface area contributed by atoms with Crippen LogP contribution in [0, 0.1) is 0 Å². The fraction of sp³-hybridized carbons (Fsp3) is 0.200. The maximum absolute atomic E-state index is 5.58. The molecule has 0 unspecified atom stereocenters. The molecule has 3 nitrogen and oxygen atoms in total. The van der Waals surface area contributed by atoms with E-state index in [2.05, 4.69) is 26.1 Å². The first-order valence-corrected chi connectivity index (χ1v) is 5.72. The van der Waals surface area contributed by atoms with Crippen molar-refractivity contribution in [1.82, 2.24) is 10.1 Å². The van der Waals surface area contributed by atoms with Crippen molar-refractivity contribution in [3.8, 4) is 0 Å². The van der Waals surface area contributed by atoms with Crippen LogP contribution in [-0.4, -0.2) is 10.1 Å². The number of benzene rings is 1. The second-order valence-electron chi connectivity index (χ2n) is 3.04. The molecule has 0 amide bonds. The third kappa shape index (κ3) is 2.79. The Morgan fingerprint density at radius 2 is 2.27 bits per heavy atom. The Kier molecular flexibility index (Phi) is 3.38. The first-order valence-electron chi connectivity index (χ1n) is 4.40. The molecule has 2 aromatic rings. The Bertz CT molecular complexity index is 458. The van der Waals surface area contributed by atoms with Crippen LogP contribution < -0.4 is 0 Å². The van der Waals surface area contributed by atoms with Crippen LogP contribution in [0.3, 0.4) is 0 Å². The molecule has 0 N–H and O–H groups in total. The topological polar surface area (TPSA) is 38.9 Å². The van der Waals surface area contributed by atoms with Crippen molar-refractivity contribution in [2.24, 2.45) is 0 Å². The Hall–Kier alpha value is -0.870. The van der Waals surface area contributed by atoms with E-state index in [0.717, 1.165) is 10.0 Å². The van der Waals surface area contributed by atoms with E-state index in [9.17, 15) is 0 Å². The number of halogens is 2. The minimum absolute atomic E-state index is 0.280. The molecular formula is C10H8BrClN2O. The van der Waals surface area contributed by atoms with Crippen molar-refractivity contribution in [1.29, 1.82) is 0 Å². The van der Waals surface area contributed by atoms with Gasteiger partial charge in [0.25, 0.3) is 0 Å². The number of alkyl halides is 1. The fourth-order valence-electron chi connectivity index (χ4n) is 1.24. The number of hydrogen-bond acceptors (Lipinski definition) is 3. The van der Waals surface area contributed by atoms with Crippen molar-refractivity contribution < 1.29 is 4.52 Å². The van der Waals surface area contributed by atoms with Crippen molar-refractivity contribution in [2.75, 3.05) is 0 Å². The van der Waals surface area contributed by atoms with Crippen molar-refractivity contribution in [3.63, 3.8) is 0 Å². The molecule has 1 aromatic carbocycles. The van der Waals surface area contributed by atoms with Crippen LogP contribution in [0.2, 0.25) is 0 Å². The Morgan fingerprint density at radius 1 is 1.40 bits per heavy atom. The summed E-state index contributed by atoms with van der Waals surface area (Å²) < 4.78 is 6.08. The molecule has 0 radical (unpaired) electrons. The van der Waals surface area contributed by atoms with Gasteiger partial charge in [0.2, 0.25) is 5.89 Å². The largest absolute Gasteiger partial charge is 0.339 e. The molecule has 5 heteroatoms. The van der Waals surface area contributed by atoms with Gasteiger partial charge in [0, 0.05) is 4.47 Å². The molecule has 15 heavy (non-hydrogen) atoms. The molecule has 0 aliphatic heterocycles. The Labute approximate surface area is 101 Å². The second-order valence-corrected chi connectivity index (χ2v) is 4.23. The first kappa shape index (κ1) is 10.6. The van der Waals surface area contributed by atoms with E-state index in [1.165, 1.54) is 0 Å². The molecule has 78 valence electrons. The van der Waals surface area contributed by atoms with Crippen LogP contribution in [0.25, 0.3) is 0 Å². The van der Waals surface area contributed by atoms with Gasteiger partial charge in [0.05, 0.1) is 12.3 Å². The standard InChI is InChI=1S/C10H8BrClN2O/c11-8-3-1-2-7(4-8)5-10-13-9(6-12)14-15-10/h1-4H,5-6H2. The average Bonchev–Trinajstić information content (AvgIpc) is 2.65. The van der Waals surface area contributed by atoms with Gasteiger partial charge in [0.1, 0.15) is 0 Å². The van der Waals surface area contributed by atoms with Crippen molar-refractivity contribution in [3.05, 3.63) is 46.0 Å². The van der Waals surface area contributed by atoms with Crippen molar-refractivity contribution >= 4 is 27.5 Å². The number of aromatic nitrogens is 2. The molecule has 0 aliphatic carbocycles. The maximum atomic E-state index is 5.58. The summed E-state index contributed by atoms with van der Waals surface area (Å²) in [6, 6.07) is 7.97.